The first-order chi connectivity index (χ1) is 44.5. The Morgan fingerprint density at radius 2 is 1.01 bits per heavy atom. The van der Waals surface area contributed by atoms with Crippen molar-refractivity contribution in [3.05, 3.63) is 11.6 Å². The van der Waals surface area contributed by atoms with Crippen LogP contribution >= 0.6 is 0 Å². The van der Waals surface area contributed by atoms with Gasteiger partial charge in [0.1, 0.15) is 128 Å². The average Bonchev–Trinajstić information content (AvgIpc) is 0.676. The van der Waals surface area contributed by atoms with Crippen LogP contribution in [0.4, 0.5) is 0 Å². The van der Waals surface area contributed by atoms with Gasteiger partial charge in [0.15, 0.2) is 31.5 Å². The number of hydrogen-bond donors (Lipinski definition) is 17. The zero-order valence-electron chi connectivity index (χ0n) is 55.4. The number of carbonyl (C=O) groups is 1. The molecule has 4 saturated carbocycles. The summed E-state index contributed by atoms with van der Waals surface area (Å²) in [6, 6.07) is 0. The largest absolute Gasteiger partial charge is 0.432 e. The second-order valence-corrected chi connectivity index (χ2v) is 31.4. The monoisotopic (exact) mass is 1370 g/mol. The van der Waals surface area contributed by atoms with Gasteiger partial charge in [0, 0.05) is 0 Å². The fourth-order valence-corrected chi connectivity index (χ4v) is 19.0. The van der Waals surface area contributed by atoms with Gasteiger partial charge in [-0.2, -0.15) is 0 Å². The summed E-state index contributed by atoms with van der Waals surface area (Å²) in [5.74, 6) is -0.790. The highest BCUT2D eigenvalue weighted by atomic mass is 16.8. The molecule has 37 atom stereocenters. The summed E-state index contributed by atoms with van der Waals surface area (Å²) in [5.41, 5.74) is -1.75. The van der Waals surface area contributed by atoms with E-state index in [1.807, 2.05) is 0 Å². The van der Waals surface area contributed by atoms with Crippen LogP contribution in [0, 0.1) is 50.2 Å². The third kappa shape index (κ3) is 12.9. The van der Waals surface area contributed by atoms with Crippen LogP contribution in [0.15, 0.2) is 11.6 Å². The highest BCUT2D eigenvalue weighted by Gasteiger charge is 2.71. The smallest absolute Gasteiger partial charge is 0.315 e. The molecule has 6 heterocycles. The topological polar surface area (TPSA) is 472 Å². The first-order valence-electron chi connectivity index (χ1n) is 34.0. The first kappa shape index (κ1) is 74.3. The minimum Gasteiger partial charge on any atom is -0.432 e. The molecular weight excluding hydrogens is 1260 g/mol. The molecule has 95 heavy (non-hydrogen) atoms. The van der Waals surface area contributed by atoms with Crippen LogP contribution < -0.4 is 0 Å². The molecule has 0 amide bonds. The lowest BCUT2D eigenvalue weighted by atomic mass is 9.33. The Balaban J connectivity index is 0.822. The van der Waals surface area contributed by atoms with Crippen LogP contribution in [0.1, 0.15) is 127 Å². The first-order valence-corrected chi connectivity index (χ1v) is 34.0. The number of fused-ring (bicyclic) bond motifs is 7. The second-order valence-electron chi connectivity index (χ2n) is 31.4. The van der Waals surface area contributed by atoms with Crippen LogP contribution in [0.5, 0.6) is 0 Å². The van der Waals surface area contributed by atoms with Gasteiger partial charge in [0.05, 0.1) is 50.2 Å². The molecule has 0 unspecified atom stereocenters. The summed E-state index contributed by atoms with van der Waals surface area (Å²) in [6.07, 6.45) is -39.1. The van der Waals surface area contributed by atoms with Crippen molar-refractivity contribution in [2.75, 3.05) is 26.4 Å². The fourth-order valence-electron chi connectivity index (χ4n) is 19.0. The lowest BCUT2D eigenvalue weighted by Gasteiger charge is -2.71. The molecule has 6 aliphatic heterocycles. The van der Waals surface area contributed by atoms with Gasteiger partial charge in [-0.3, -0.25) is 4.79 Å². The van der Waals surface area contributed by atoms with Crippen molar-refractivity contribution in [3.63, 3.8) is 0 Å². The molecule has 0 aromatic rings. The molecule has 30 nitrogen and oxygen atoms in total. The summed E-state index contributed by atoms with van der Waals surface area (Å²) in [7, 11) is 0. The molecule has 0 aromatic carbocycles. The standard InChI is InChI=1S/C65H106O30/c1-25-36(68)41(73)47(79)54(86-25)93-51-32(24-84-53-46(78)43(75)38(70)29(21-66)88-53)91-57(50(82)45(51)77)95-59(83)65-18-16-60(3,4)20-28(65)27-10-11-34-62(7)14-13-35(61(5,6)33(62)12-15-64(34,9)63(27,8)17-19-65)92-58-52(94-55-48(80)42(74)37(69)26(2)87-55)40(72)31(23-85-58)90-56-49(81)44(76)39(71)30(22-67)89-56/h10,25-26,28-58,66-82H,11-24H2,1-9H3/t25-,26-,28-,29+,30+,31-,32+,33-,34+,35-,36-,37-,38+,39+,40-,41+,42+,43-,44-,45+,46+,47+,48+,49+,50+,51+,52+,53+,54-,55-,56-,57-,58-,62-,63+,64+,65-/m0/s1. The maximum atomic E-state index is 15.5. The zero-order valence-corrected chi connectivity index (χ0v) is 55.4. The quantitative estimate of drug-likeness (QED) is 0.0426. The van der Waals surface area contributed by atoms with Crippen LogP contribution in [-0.2, 0) is 61.6 Å². The predicted molar refractivity (Wildman–Crippen MR) is 319 cm³/mol. The Morgan fingerprint density at radius 1 is 0.495 bits per heavy atom. The van der Waals surface area contributed by atoms with Crippen LogP contribution in [0.2, 0.25) is 0 Å². The number of esters is 1. The molecule has 546 valence electrons. The average molecular weight is 1370 g/mol. The van der Waals surface area contributed by atoms with Gasteiger partial charge in [0.25, 0.3) is 0 Å². The summed E-state index contributed by atoms with van der Waals surface area (Å²) >= 11 is 0. The van der Waals surface area contributed by atoms with Crippen LogP contribution in [-0.4, -0.2) is 303 Å². The number of rotatable bonds is 15. The Hall–Kier alpha value is -1.91. The number of ether oxygens (including phenoxy) is 12. The summed E-state index contributed by atoms with van der Waals surface area (Å²) in [5, 5.41) is 184. The van der Waals surface area contributed by atoms with E-state index in [2.05, 4.69) is 54.5 Å². The molecule has 11 aliphatic rings. The van der Waals surface area contributed by atoms with Gasteiger partial charge < -0.3 is 144 Å². The summed E-state index contributed by atoms with van der Waals surface area (Å²) < 4.78 is 72.8. The number of aliphatic hydroxyl groups excluding tert-OH is 17. The molecule has 5 aliphatic carbocycles. The summed E-state index contributed by atoms with van der Waals surface area (Å²) in [4.78, 5) is 15.5. The van der Waals surface area contributed by atoms with E-state index in [0.717, 1.165) is 12.8 Å². The Morgan fingerprint density at radius 3 is 1.60 bits per heavy atom. The van der Waals surface area contributed by atoms with Crippen molar-refractivity contribution in [2.45, 2.75) is 311 Å². The van der Waals surface area contributed by atoms with E-state index in [0.29, 0.717) is 51.4 Å². The molecule has 0 radical (unpaired) electrons. The molecule has 17 N–H and O–H groups in total. The lowest BCUT2D eigenvalue weighted by Crippen LogP contribution is -2.67. The van der Waals surface area contributed by atoms with Crippen molar-refractivity contribution in [2.24, 2.45) is 50.2 Å². The van der Waals surface area contributed by atoms with E-state index in [1.165, 1.54) is 19.4 Å². The Bertz CT molecular complexity index is 2670. The number of hydrogen-bond acceptors (Lipinski definition) is 30. The third-order valence-electron chi connectivity index (χ3n) is 25.2. The number of carbonyl (C=O) groups excluding carboxylic acids is 1. The van der Waals surface area contributed by atoms with E-state index in [4.69, 9.17) is 56.8 Å². The van der Waals surface area contributed by atoms with Crippen molar-refractivity contribution < 1.29 is 148 Å². The molecule has 0 spiro atoms. The van der Waals surface area contributed by atoms with Gasteiger partial charge in [0.2, 0.25) is 6.29 Å². The van der Waals surface area contributed by atoms with Crippen molar-refractivity contribution in [3.8, 4) is 0 Å². The van der Waals surface area contributed by atoms with Gasteiger partial charge in [-0.1, -0.05) is 60.1 Å². The molecule has 0 bridgehead atoms. The normalized spacial score (nSPS) is 54.6. The highest BCUT2D eigenvalue weighted by Crippen LogP contribution is 2.76. The van der Waals surface area contributed by atoms with Crippen LogP contribution in [0.25, 0.3) is 0 Å². The van der Waals surface area contributed by atoms with Gasteiger partial charge in [-0.25, -0.2) is 0 Å². The van der Waals surface area contributed by atoms with Gasteiger partial charge in [-0.05, 0) is 123 Å². The molecule has 0 aromatic heterocycles. The molecular formula is C65H106O30. The molecule has 6 saturated heterocycles. The van der Waals surface area contributed by atoms with Gasteiger partial charge in [-0.15, -0.1) is 0 Å². The molecule has 11 rings (SSSR count). The van der Waals surface area contributed by atoms with E-state index in [-0.39, 0.29) is 40.6 Å². The van der Waals surface area contributed by atoms with Crippen LogP contribution in [0.3, 0.4) is 0 Å². The minimum atomic E-state index is -1.99. The van der Waals surface area contributed by atoms with Crippen molar-refractivity contribution in [1.29, 1.82) is 0 Å². The van der Waals surface area contributed by atoms with E-state index < -0.39 is 226 Å². The van der Waals surface area contributed by atoms with E-state index >= 15 is 4.79 Å². The maximum absolute atomic E-state index is 15.5. The Labute approximate surface area is 551 Å². The van der Waals surface area contributed by atoms with Gasteiger partial charge >= 0.3 is 5.97 Å². The molecule has 10 fully saturated rings. The van der Waals surface area contributed by atoms with Crippen molar-refractivity contribution >= 4 is 5.97 Å². The third-order valence-corrected chi connectivity index (χ3v) is 25.2. The van der Waals surface area contributed by atoms with Crippen molar-refractivity contribution in [1.82, 2.24) is 0 Å². The molecule has 30 heteroatoms. The highest BCUT2D eigenvalue weighted by molar-refractivity contribution is 5.79. The Kier molecular flexibility index (Phi) is 21.7. The number of allylic oxidation sites excluding steroid dienone is 2. The second kappa shape index (κ2) is 27.7. The predicted octanol–water partition coefficient (Wildman–Crippen LogP) is -3.69. The van der Waals surface area contributed by atoms with E-state index in [1.54, 1.807) is 0 Å². The van der Waals surface area contributed by atoms with E-state index in [9.17, 15) is 86.8 Å². The number of aliphatic hydroxyl groups is 17. The SMILES string of the molecule is C[C@@H]1O[C@@H](O[C@H]2[C@H](O[C@H]3CC[C@]4(C)[C@H]5CC=C6[C@@H]7CC(C)(C)CC[C@]7(C(=O)O[C@@H]7O[C@H](CO[C@@H]8O[C@H](CO)[C@@H](O)[C@H](O)[C@H]8O)[C@@H](O[C@@H]8O[C@@H](C)[C@H](O)[C@@H](O)[C@H]8O)[C@H](O)[C@H]7O)CC[C@@]6(C)[C@]5(C)CC[C@H]4C3(C)C)OC[C@H](O[C@@H]3O[C@H](CO)[C@@H](O)[C@H](O)[C@H]3O)[C@@H]2O)[C@H](O)[C@H](O)[C@H]1O. The maximum Gasteiger partial charge on any atom is 0.315 e. The zero-order chi connectivity index (χ0) is 69.3. The minimum absolute atomic E-state index is 0.0600. The summed E-state index contributed by atoms with van der Waals surface area (Å²) in [6.45, 7) is 16.1. The lowest BCUT2D eigenvalue weighted by molar-refractivity contribution is -0.380. The fraction of sp³-hybridized carbons (Fsp3) is 0.954.